The van der Waals surface area contributed by atoms with E-state index in [1.165, 1.54) is 6.07 Å². The minimum absolute atomic E-state index is 0. The summed E-state index contributed by atoms with van der Waals surface area (Å²) in [6.45, 7) is -0.240. The van der Waals surface area contributed by atoms with Crippen LogP contribution in [0.4, 0.5) is 13.2 Å². The van der Waals surface area contributed by atoms with Gasteiger partial charge in [0.15, 0.2) is 0 Å². The first-order valence-electron chi connectivity index (χ1n) is 4.46. The fourth-order valence-electron chi connectivity index (χ4n) is 1.24. The molecule has 0 unspecified atom stereocenters. The third-order valence-corrected chi connectivity index (χ3v) is 1.99. The average Bonchev–Trinajstić information content (AvgIpc) is 2.17. The first kappa shape index (κ1) is 15.2. The van der Waals surface area contributed by atoms with Crippen LogP contribution in [0.5, 0.6) is 0 Å². The smallest absolute Gasteiger partial charge is 0.395 e. The molecular formula is C10H13ClF3NO. The van der Waals surface area contributed by atoms with Crippen LogP contribution < -0.4 is 5.73 Å². The third kappa shape index (κ3) is 4.38. The molecule has 2 nitrogen and oxygen atoms in total. The van der Waals surface area contributed by atoms with Crippen LogP contribution >= 0.6 is 12.4 Å². The summed E-state index contributed by atoms with van der Waals surface area (Å²) in [5.41, 5.74) is 5.22. The van der Waals surface area contributed by atoms with Crippen molar-refractivity contribution >= 4 is 12.4 Å². The normalized spacial score (nSPS) is 13.1. The molecule has 1 rings (SSSR count). The van der Waals surface area contributed by atoms with Gasteiger partial charge in [-0.05, 0) is 18.1 Å². The van der Waals surface area contributed by atoms with E-state index in [1.807, 2.05) is 0 Å². The van der Waals surface area contributed by atoms with Crippen LogP contribution in [-0.2, 0) is 12.6 Å². The van der Waals surface area contributed by atoms with E-state index < -0.39 is 17.8 Å². The standard InChI is InChI=1S/C10H12F3NO.ClH/c11-10(12,13)8-3-1-2-7(4-8)5-9(14)6-15;/h1-4,9,15H,5-6,14H2;1H/t9-;/m0./s1. The van der Waals surface area contributed by atoms with Crippen molar-refractivity contribution in [2.24, 2.45) is 5.73 Å². The molecule has 6 heteroatoms. The van der Waals surface area contributed by atoms with Gasteiger partial charge in [0.25, 0.3) is 0 Å². The van der Waals surface area contributed by atoms with Crippen molar-refractivity contribution in [1.29, 1.82) is 0 Å². The van der Waals surface area contributed by atoms with Crippen LogP contribution in [0.1, 0.15) is 11.1 Å². The van der Waals surface area contributed by atoms with E-state index in [0.717, 1.165) is 12.1 Å². The molecule has 0 saturated heterocycles. The average molecular weight is 256 g/mol. The summed E-state index contributed by atoms with van der Waals surface area (Å²) < 4.78 is 36.9. The molecule has 0 aliphatic heterocycles. The molecule has 1 atom stereocenters. The number of rotatable bonds is 3. The maximum atomic E-state index is 12.3. The van der Waals surface area contributed by atoms with Gasteiger partial charge in [0.1, 0.15) is 0 Å². The lowest BCUT2D eigenvalue weighted by Crippen LogP contribution is -2.26. The van der Waals surface area contributed by atoms with E-state index in [1.54, 1.807) is 6.07 Å². The second kappa shape index (κ2) is 6.08. The van der Waals surface area contributed by atoms with Gasteiger partial charge in [-0.3, -0.25) is 0 Å². The van der Waals surface area contributed by atoms with Crippen LogP contribution in [0.2, 0.25) is 0 Å². The lowest BCUT2D eigenvalue weighted by Gasteiger charge is -2.11. The summed E-state index contributed by atoms with van der Waals surface area (Å²) in [5.74, 6) is 0. The Bertz CT molecular complexity index is 330. The second-order valence-corrected chi connectivity index (χ2v) is 3.34. The van der Waals surface area contributed by atoms with E-state index >= 15 is 0 Å². The minimum atomic E-state index is -4.33. The highest BCUT2D eigenvalue weighted by Gasteiger charge is 2.30. The van der Waals surface area contributed by atoms with Crippen LogP contribution in [0.15, 0.2) is 24.3 Å². The lowest BCUT2D eigenvalue weighted by molar-refractivity contribution is -0.137. The lowest BCUT2D eigenvalue weighted by atomic mass is 10.0. The largest absolute Gasteiger partial charge is 0.416 e. The molecule has 0 aliphatic rings. The Morgan fingerprint density at radius 2 is 1.94 bits per heavy atom. The summed E-state index contributed by atoms with van der Waals surface area (Å²) in [4.78, 5) is 0. The quantitative estimate of drug-likeness (QED) is 0.868. The fourth-order valence-corrected chi connectivity index (χ4v) is 1.24. The fraction of sp³-hybridized carbons (Fsp3) is 0.400. The van der Waals surface area contributed by atoms with Gasteiger partial charge in [0.2, 0.25) is 0 Å². The van der Waals surface area contributed by atoms with Crippen molar-refractivity contribution in [3.05, 3.63) is 35.4 Å². The first-order chi connectivity index (χ1) is 6.93. The summed E-state index contributed by atoms with van der Waals surface area (Å²) in [6, 6.07) is 4.43. The molecule has 92 valence electrons. The highest BCUT2D eigenvalue weighted by molar-refractivity contribution is 5.85. The van der Waals surface area contributed by atoms with Gasteiger partial charge in [-0.2, -0.15) is 13.2 Å². The number of hydrogen-bond donors (Lipinski definition) is 2. The number of aliphatic hydroxyl groups excluding tert-OH is 1. The summed E-state index contributed by atoms with van der Waals surface area (Å²) in [5, 5.41) is 8.68. The highest BCUT2D eigenvalue weighted by Crippen LogP contribution is 2.29. The van der Waals surface area contributed by atoms with Crippen molar-refractivity contribution in [1.82, 2.24) is 0 Å². The monoisotopic (exact) mass is 255 g/mol. The number of halogens is 4. The summed E-state index contributed by atoms with van der Waals surface area (Å²) in [6.07, 6.45) is -4.10. The van der Waals surface area contributed by atoms with Gasteiger partial charge in [-0.15, -0.1) is 12.4 Å². The van der Waals surface area contributed by atoms with Gasteiger partial charge in [0, 0.05) is 6.04 Å². The van der Waals surface area contributed by atoms with Crippen molar-refractivity contribution in [3.63, 3.8) is 0 Å². The Morgan fingerprint density at radius 3 is 2.44 bits per heavy atom. The molecule has 0 bridgehead atoms. The molecule has 1 aromatic rings. The topological polar surface area (TPSA) is 46.2 Å². The Labute approximate surface area is 97.7 Å². The molecule has 0 heterocycles. The molecule has 3 N–H and O–H groups in total. The van der Waals surface area contributed by atoms with E-state index in [9.17, 15) is 13.2 Å². The van der Waals surface area contributed by atoms with Crippen LogP contribution in [-0.4, -0.2) is 17.8 Å². The number of hydrogen-bond acceptors (Lipinski definition) is 2. The van der Waals surface area contributed by atoms with Gasteiger partial charge in [-0.1, -0.05) is 18.2 Å². The minimum Gasteiger partial charge on any atom is -0.395 e. The Balaban J connectivity index is 0.00000225. The molecule has 0 aliphatic carbocycles. The SMILES string of the molecule is Cl.N[C@H](CO)Cc1cccc(C(F)(F)F)c1. The molecule has 0 fully saturated rings. The Hall–Kier alpha value is -0.780. The van der Waals surface area contributed by atoms with Crippen LogP contribution in [0.25, 0.3) is 0 Å². The molecule has 0 aromatic heterocycles. The number of alkyl halides is 3. The Morgan fingerprint density at radius 1 is 1.31 bits per heavy atom. The number of aliphatic hydroxyl groups is 1. The first-order valence-corrected chi connectivity index (χ1v) is 4.46. The molecule has 0 radical (unpaired) electrons. The van der Waals surface area contributed by atoms with Crippen LogP contribution in [0.3, 0.4) is 0 Å². The highest BCUT2D eigenvalue weighted by atomic mass is 35.5. The van der Waals surface area contributed by atoms with Gasteiger partial charge in [-0.25, -0.2) is 0 Å². The van der Waals surface area contributed by atoms with Gasteiger partial charge >= 0.3 is 6.18 Å². The van der Waals surface area contributed by atoms with E-state index in [4.69, 9.17) is 10.8 Å². The van der Waals surface area contributed by atoms with Crippen molar-refractivity contribution in [2.75, 3.05) is 6.61 Å². The van der Waals surface area contributed by atoms with E-state index in [0.29, 0.717) is 5.56 Å². The molecular weight excluding hydrogens is 243 g/mol. The zero-order valence-corrected chi connectivity index (χ0v) is 9.18. The van der Waals surface area contributed by atoms with Crippen molar-refractivity contribution < 1.29 is 18.3 Å². The molecule has 16 heavy (non-hydrogen) atoms. The van der Waals surface area contributed by atoms with Crippen LogP contribution in [0, 0.1) is 0 Å². The zero-order chi connectivity index (χ0) is 11.5. The van der Waals surface area contributed by atoms with E-state index in [2.05, 4.69) is 0 Å². The maximum Gasteiger partial charge on any atom is 0.416 e. The molecule has 1 aromatic carbocycles. The summed E-state index contributed by atoms with van der Waals surface area (Å²) in [7, 11) is 0. The molecule has 0 saturated carbocycles. The van der Waals surface area contributed by atoms with Gasteiger partial charge in [0.05, 0.1) is 12.2 Å². The van der Waals surface area contributed by atoms with Gasteiger partial charge < -0.3 is 10.8 Å². The predicted molar refractivity (Wildman–Crippen MR) is 57.5 cm³/mol. The zero-order valence-electron chi connectivity index (χ0n) is 8.37. The number of benzene rings is 1. The van der Waals surface area contributed by atoms with Crippen molar-refractivity contribution in [2.45, 2.75) is 18.6 Å². The molecule has 0 amide bonds. The Kier molecular flexibility index (Phi) is 5.78. The second-order valence-electron chi connectivity index (χ2n) is 3.34. The third-order valence-electron chi connectivity index (χ3n) is 1.99. The summed E-state index contributed by atoms with van der Waals surface area (Å²) >= 11 is 0. The van der Waals surface area contributed by atoms with Crippen molar-refractivity contribution in [3.8, 4) is 0 Å². The van der Waals surface area contributed by atoms with E-state index in [-0.39, 0.29) is 25.4 Å². The molecule has 0 spiro atoms. The number of nitrogens with two attached hydrogens (primary N) is 1. The maximum absolute atomic E-state index is 12.3. The predicted octanol–water partition coefficient (Wildman–Crippen LogP) is 1.99.